The van der Waals surface area contributed by atoms with E-state index in [1.165, 1.54) is 18.2 Å². The molecular formula is C21H12Cl2FNO3S. The molecule has 146 valence electrons. The predicted molar refractivity (Wildman–Crippen MR) is 112 cm³/mol. The number of carbonyl (C=O) groups excluding carboxylic acids is 2. The van der Waals surface area contributed by atoms with Gasteiger partial charge in [-0.05, 0) is 48.2 Å². The standard InChI is InChI=1S/C21H12Cl2FNO3S/c22-13-5-7-15(16(23)9-13)18-8-6-14(28-18)10-19-20(26)25(21(27)29-19)11-12-3-1-2-4-17(12)24/h1-10H,11H2/b19-10+. The van der Waals surface area contributed by atoms with Crippen molar-refractivity contribution in [3.63, 3.8) is 0 Å². The maximum absolute atomic E-state index is 13.9. The number of nitrogens with zero attached hydrogens (tertiary/aromatic N) is 1. The fourth-order valence-electron chi connectivity index (χ4n) is 2.83. The summed E-state index contributed by atoms with van der Waals surface area (Å²) in [5, 5.41) is 0.481. The number of hydrogen-bond acceptors (Lipinski definition) is 4. The highest BCUT2D eigenvalue weighted by atomic mass is 35.5. The zero-order valence-corrected chi connectivity index (χ0v) is 17.0. The topological polar surface area (TPSA) is 50.5 Å². The second kappa shape index (κ2) is 8.06. The molecule has 0 spiro atoms. The minimum atomic E-state index is -0.495. The summed E-state index contributed by atoms with van der Waals surface area (Å²) >= 11 is 12.9. The summed E-state index contributed by atoms with van der Waals surface area (Å²) in [4.78, 5) is 26.1. The molecule has 29 heavy (non-hydrogen) atoms. The van der Waals surface area contributed by atoms with Crippen LogP contribution in [-0.4, -0.2) is 16.0 Å². The van der Waals surface area contributed by atoms with Gasteiger partial charge in [-0.1, -0.05) is 41.4 Å². The van der Waals surface area contributed by atoms with Crippen LogP contribution >= 0.6 is 35.0 Å². The van der Waals surface area contributed by atoms with Gasteiger partial charge in [-0.3, -0.25) is 14.5 Å². The van der Waals surface area contributed by atoms with Crippen LogP contribution in [0.4, 0.5) is 9.18 Å². The molecular weight excluding hydrogens is 436 g/mol. The first-order chi connectivity index (χ1) is 13.9. The van der Waals surface area contributed by atoms with Crippen LogP contribution in [0, 0.1) is 5.82 Å². The van der Waals surface area contributed by atoms with Crippen LogP contribution < -0.4 is 0 Å². The minimum Gasteiger partial charge on any atom is -0.457 e. The normalized spacial score (nSPS) is 15.6. The van der Waals surface area contributed by atoms with Gasteiger partial charge >= 0.3 is 0 Å². The van der Waals surface area contributed by atoms with Crippen LogP contribution in [0.15, 0.2) is 63.9 Å². The van der Waals surface area contributed by atoms with E-state index in [1.54, 1.807) is 42.5 Å². The Kier molecular flexibility index (Phi) is 5.50. The Morgan fingerprint density at radius 3 is 2.62 bits per heavy atom. The van der Waals surface area contributed by atoms with Gasteiger partial charge in [0.15, 0.2) is 0 Å². The smallest absolute Gasteiger partial charge is 0.293 e. The second-order valence-electron chi connectivity index (χ2n) is 6.19. The van der Waals surface area contributed by atoms with Crippen LogP contribution in [0.3, 0.4) is 0 Å². The molecule has 0 bridgehead atoms. The first kappa shape index (κ1) is 19.8. The molecule has 4 nitrogen and oxygen atoms in total. The van der Waals surface area contributed by atoms with Gasteiger partial charge in [-0.25, -0.2) is 4.39 Å². The third-order valence-electron chi connectivity index (χ3n) is 4.26. The summed E-state index contributed by atoms with van der Waals surface area (Å²) in [5.74, 6) is -0.0670. The molecule has 2 aromatic carbocycles. The van der Waals surface area contributed by atoms with E-state index in [1.807, 2.05) is 0 Å². The molecule has 0 unspecified atom stereocenters. The number of amides is 2. The summed E-state index contributed by atoms with van der Waals surface area (Å²) in [6.45, 7) is -0.127. The van der Waals surface area contributed by atoms with Crippen LogP contribution in [0.2, 0.25) is 10.0 Å². The Bertz CT molecular complexity index is 1160. The second-order valence-corrected chi connectivity index (χ2v) is 8.02. The predicted octanol–water partition coefficient (Wildman–Crippen LogP) is 6.63. The lowest BCUT2D eigenvalue weighted by atomic mass is 10.2. The SMILES string of the molecule is O=C1S/C(=C/c2ccc(-c3ccc(Cl)cc3Cl)o2)C(=O)N1Cc1ccccc1F. The highest BCUT2D eigenvalue weighted by molar-refractivity contribution is 8.18. The van der Waals surface area contributed by atoms with Crippen LogP contribution in [-0.2, 0) is 11.3 Å². The van der Waals surface area contributed by atoms with E-state index in [-0.39, 0.29) is 17.0 Å². The number of rotatable bonds is 4. The summed E-state index contributed by atoms with van der Waals surface area (Å²) in [6.07, 6.45) is 1.49. The van der Waals surface area contributed by atoms with Crippen molar-refractivity contribution in [1.82, 2.24) is 4.90 Å². The molecule has 0 N–H and O–H groups in total. The van der Waals surface area contributed by atoms with Crippen molar-refractivity contribution in [2.45, 2.75) is 6.54 Å². The maximum atomic E-state index is 13.9. The monoisotopic (exact) mass is 447 g/mol. The van der Waals surface area contributed by atoms with Gasteiger partial charge in [-0.2, -0.15) is 0 Å². The van der Waals surface area contributed by atoms with Gasteiger partial charge in [-0.15, -0.1) is 0 Å². The molecule has 3 aromatic rings. The molecule has 0 aliphatic carbocycles. The number of benzene rings is 2. The third kappa shape index (κ3) is 4.10. The molecule has 8 heteroatoms. The number of furan rings is 1. The number of hydrogen-bond donors (Lipinski definition) is 0. The Hall–Kier alpha value is -2.54. The van der Waals surface area contributed by atoms with E-state index in [0.717, 1.165) is 16.7 Å². The van der Waals surface area contributed by atoms with E-state index in [4.69, 9.17) is 27.6 Å². The Morgan fingerprint density at radius 1 is 1.07 bits per heavy atom. The van der Waals surface area contributed by atoms with E-state index in [0.29, 0.717) is 27.1 Å². The molecule has 1 fully saturated rings. The molecule has 0 radical (unpaired) electrons. The van der Waals surface area contributed by atoms with Gasteiger partial charge < -0.3 is 4.42 Å². The average molecular weight is 448 g/mol. The number of carbonyl (C=O) groups is 2. The van der Waals surface area contributed by atoms with Crippen LogP contribution in [0.25, 0.3) is 17.4 Å². The van der Waals surface area contributed by atoms with Gasteiger partial charge in [0.2, 0.25) is 0 Å². The van der Waals surface area contributed by atoms with E-state index in [2.05, 4.69) is 0 Å². The molecule has 4 rings (SSSR count). The zero-order valence-electron chi connectivity index (χ0n) is 14.7. The van der Waals surface area contributed by atoms with Crippen molar-refractivity contribution in [3.8, 4) is 11.3 Å². The molecule has 1 aromatic heterocycles. The van der Waals surface area contributed by atoms with Crippen LogP contribution in [0.5, 0.6) is 0 Å². The molecule has 1 aliphatic rings. The molecule has 0 saturated carbocycles. The summed E-state index contributed by atoms with van der Waals surface area (Å²) in [7, 11) is 0. The summed E-state index contributed by atoms with van der Waals surface area (Å²) in [6, 6.07) is 14.4. The highest BCUT2D eigenvalue weighted by Gasteiger charge is 2.35. The lowest BCUT2D eigenvalue weighted by Crippen LogP contribution is -2.27. The minimum absolute atomic E-state index is 0.127. The fraction of sp³-hybridized carbons (Fsp3) is 0.0476. The molecule has 2 amide bonds. The molecule has 2 heterocycles. The lowest BCUT2D eigenvalue weighted by molar-refractivity contribution is -0.123. The fourth-order valence-corrected chi connectivity index (χ4v) is 4.15. The number of imide groups is 1. The first-order valence-corrected chi connectivity index (χ1v) is 10.0. The number of halogens is 3. The highest BCUT2D eigenvalue weighted by Crippen LogP contribution is 2.36. The van der Waals surface area contributed by atoms with E-state index >= 15 is 0 Å². The quantitative estimate of drug-likeness (QED) is 0.421. The van der Waals surface area contributed by atoms with Crippen LogP contribution in [0.1, 0.15) is 11.3 Å². The zero-order chi connectivity index (χ0) is 20.5. The van der Waals surface area contributed by atoms with Crippen molar-refractivity contribution in [2.24, 2.45) is 0 Å². The van der Waals surface area contributed by atoms with Crippen molar-refractivity contribution < 1.29 is 18.4 Å². The van der Waals surface area contributed by atoms with Crippen molar-refractivity contribution in [2.75, 3.05) is 0 Å². The lowest BCUT2D eigenvalue weighted by Gasteiger charge is -2.12. The Labute approximate surface area is 179 Å². The molecule has 1 saturated heterocycles. The summed E-state index contributed by atoms with van der Waals surface area (Å²) < 4.78 is 19.6. The number of thioether (sulfide) groups is 1. The van der Waals surface area contributed by atoms with Crippen molar-refractivity contribution >= 4 is 52.2 Å². The van der Waals surface area contributed by atoms with Gasteiger partial charge in [0.1, 0.15) is 17.3 Å². The van der Waals surface area contributed by atoms with E-state index in [9.17, 15) is 14.0 Å². The third-order valence-corrected chi connectivity index (χ3v) is 5.71. The largest absolute Gasteiger partial charge is 0.457 e. The van der Waals surface area contributed by atoms with Gasteiger partial charge in [0.25, 0.3) is 11.1 Å². The first-order valence-electron chi connectivity index (χ1n) is 8.46. The maximum Gasteiger partial charge on any atom is 0.293 e. The van der Waals surface area contributed by atoms with Gasteiger partial charge in [0, 0.05) is 22.2 Å². The van der Waals surface area contributed by atoms with Crippen molar-refractivity contribution in [1.29, 1.82) is 0 Å². The van der Waals surface area contributed by atoms with E-state index < -0.39 is 17.0 Å². The van der Waals surface area contributed by atoms with Gasteiger partial charge in [0.05, 0.1) is 16.5 Å². The average Bonchev–Trinajstić information content (AvgIpc) is 3.24. The molecule has 0 atom stereocenters. The summed E-state index contributed by atoms with van der Waals surface area (Å²) in [5.41, 5.74) is 0.928. The molecule has 1 aliphatic heterocycles. The van der Waals surface area contributed by atoms with Crippen molar-refractivity contribution in [3.05, 3.63) is 86.7 Å². The Balaban J connectivity index is 1.56. The Morgan fingerprint density at radius 2 is 1.86 bits per heavy atom.